The monoisotopic (exact) mass is 412 g/mol. The quantitative estimate of drug-likeness (QED) is 0.748. The molecule has 1 atom stereocenters. The summed E-state index contributed by atoms with van der Waals surface area (Å²) >= 11 is 0. The molecule has 0 spiro atoms. The van der Waals surface area contributed by atoms with Gasteiger partial charge in [-0.3, -0.25) is 9.69 Å². The number of piperidine rings is 1. The number of anilines is 1. The number of fused-ring (bicyclic) bond motifs is 1. The Morgan fingerprint density at radius 1 is 1.30 bits per heavy atom. The van der Waals surface area contributed by atoms with Gasteiger partial charge in [-0.25, -0.2) is 4.98 Å². The van der Waals surface area contributed by atoms with E-state index < -0.39 is 0 Å². The standard InChI is InChI=1S/C22H28N4O4/c1-28-18-5-2-6-19-20(18)30-16(14-29-19)13-26-10-7-15(8-11-26)12-25-22(27)17-4-3-9-24-21(17)23/h2-6,9,15-16H,7-8,10-14H2,1H3,(H2,23,24)(H,25,27). The van der Waals surface area contributed by atoms with Crippen LogP contribution in [0, 0.1) is 5.92 Å². The molecule has 30 heavy (non-hydrogen) atoms. The van der Waals surface area contributed by atoms with Gasteiger partial charge in [0, 0.05) is 19.3 Å². The summed E-state index contributed by atoms with van der Waals surface area (Å²) in [5.41, 5.74) is 6.21. The zero-order valence-electron chi connectivity index (χ0n) is 17.2. The number of hydrogen-bond donors (Lipinski definition) is 2. The molecule has 0 radical (unpaired) electrons. The second-order valence-electron chi connectivity index (χ2n) is 7.73. The largest absolute Gasteiger partial charge is 0.493 e. The number of nitrogen functional groups attached to an aromatic ring is 1. The van der Waals surface area contributed by atoms with Crippen molar-refractivity contribution >= 4 is 11.7 Å². The molecule has 0 aliphatic carbocycles. The SMILES string of the molecule is COc1cccc2c1OC(CN1CCC(CNC(=O)c3cccnc3N)CC1)CO2. The van der Waals surface area contributed by atoms with Gasteiger partial charge >= 0.3 is 0 Å². The van der Waals surface area contributed by atoms with Crippen LogP contribution in [0.3, 0.4) is 0 Å². The summed E-state index contributed by atoms with van der Waals surface area (Å²) in [6.45, 7) is 3.92. The molecule has 2 aromatic rings. The Morgan fingerprint density at radius 2 is 2.13 bits per heavy atom. The molecule has 3 N–H and O–H groups in total. The van der Waals surface area contributed by atoms with E-state index in [1.54, 1.807) is 25.4 Å². The minimum Gasteiger partial charge on any atom is -0.493 e. The lowest BCUT2D eigenvalue weighted by Crippen LogP contribution is -2.45. The number of hydrogen-bond acceptors (Lipinski definition) is 7. The third kappa shape index (κ3) is 4.59. The topological polar surface area (TPSA) is 98.9 Å². The highest BCUT2D eigenvalue weighted by atomic mass is 16.6. The number of carbonyl (C=O) groups excluding carboxylic acids is 1. The van der Waals surface area contributed by atoms with Gasteiger partial charge in [-0.15, -0.1) is 0 Å². The molecular formula is C22H28N4O4. The molecule has 4 rings (SSSR count). The molecule has 0 bridgehead atoms. The van der Waals surface area contributed by atoms with Gasteiger partial charge in [0.25, 0.3) is 5.91 Å². The number of para-hydroxylation sites is 1. The summed E-state index contributed by atoms with van der Waals surface area (Å²) in [6, 6.07) is 9.08. The van der Waals surface area contributed by atoms with Crippen molar-refractivity contribution in [1.29, 1.82) is 0 Å². The van der Waals surface area contributed by atoms with E-state index >= 15 is 0 Å². The van der Waals surface area contributed by atoms with Crippen LogP contribution in [0.2, 0.25) is 0 Å². The van der Waals surface area contributed by atoms with E-state index in [-0.39, 0.29) is 17.8 Å². The zero-order chi connectivity index (χ0) is 20.9. The van der Waals surface area contributed by atoms with Crippen LogP contribution in [0.25, 0.3) is 0 Å². The number of methoxy groups -OCH3 is 1. The third-order valence-corrected chi connectivity index (χ3v) is 5.68. The molecule has 160 valence electrons. The van der Waals surface area contributed by atoms with Gasteiger partial charge in [0.2, 0.25) is 5.75 Å². The van der Waals surface area contributed by atoms with Crippen molar-refractivity contribution in [3.8, 4) is 17.2 Å². The minimum absolute atomic E-state index is 0.0291. The number of benzene rings is 1. The van der Waals surface area contributed by atoms with Gasteiger partial charge in [-0.05, 0) is 56.1 Å². The van der Waals surface area contributed by atoms with E-state index in [0.717, 1.165) is 38.2 Å². The molecular weight excluding hydrogens is 384 g/mol. The first-order valence-electron chi connectivity index (χ1n) is 10.3. The van der Waals surface area contributed by atoms with Crippen molar-refractivity contribution < 1.29 is 19.0 Å². The zero-order valence-corrected chi connectivity index (χ0v) is 17.2. The van der Waals surface area contributed by atoms with Crippen LogP contribution < -0.4 is 25.3 Å². The first-order chi connectivity index (χ1) is 14.6. The predicted octanol–water partition coefficient (Wildman–Crippen LogP) is 1.95. The molecule has 8 heteroatoms. The Balaban J connectivity index is 1.22. The average Bonchev–Trinajstić information content (AvgIpc) is 2.78. The highest BCUT2D eigenvalue weighted by Gasteiger charge is 2.28. The molecule has 0 saturated carbocycles. The number of carbonyl (C=O) groups is 1. The molecule has 1 unspecified atom stereocenters. The first kappa shape index (κ1) is 20.3. The molecule has 1 aromatic carbocycles. The molecule has 1 aromatic heterocycles. The van der Waals surface area contributed by atoms with Gasteiger partial charge in [-0.1, -0.05) is 6.07 Å². The van der Waals surface area contributed by atoms with Gasteiger partial charge in [0.15, 0.2) is 11.5 Å². The summed E-state index contributed by atoms with van der Waals surface area (Å²) in [7, 11) is 1.63. The lowest BCUT2D eigenvalue weighted by molar-refractivity contribution is 0.0453. The molecule has 3 heterocycles. The smallest absolute Gasteiger partial charge is 0.255 e. The lowest BCUT2D eigenvalue weighted by Gasteiger charge is -2.36. The summed E-state index contributed by atoms with van der Waals surface area (Å²) in [6.07, 6.45) is 3.60. The number of nitrogens with two attached hydrogens (primary N) is 1. The Hall–Kier alpha value is -3.00. The second-order valence-corrected chi connectivity index (χ2v) is 7.73. The van der Waals surface area contributed by atoms with Crippen LogP contribution >= 0.6 is 0 Å². The highest BCUT2D eigenvalue weighted by Crippen LogP contribution is 2.40. The van der Waals surface area contributed by atoms with E-state index in [2.05, 4.69) is 15.2 Å². The Kier molecular flexibility index (Phi) is 6.23. The Labute approximate surface area is 176 Å². The summed E-state index contributed by atoms with van der Waals surface area (Å²) in [5, 5.41) is 2.99. The number of nitrogens with zero attached hydrogens (tertiary/aromatic N) is 2. The van der Waals surface area contributed by atoms with Crippen molar-refractivity contribution in [2.24, 2.45) is 5.92 Å². The third-order valence-electron chi connectivity index (χ3n) is 5.68. The van der Waals surface area contributed by atoms with Crippen molar-refractivity contribution in [3.05, 3.63) is 42.1 Å². The number of ether oxygens (including phenoxy) is 3. The number of likely N-dealkylation sites (tertiary alicyclic amines) is 1. The number of aromatic nitrogens is 1. The van der Waals surface area contributed by atoms with Gasteiger partial charge in [-0.2, -0.15) is 0 Å². The van der Waals surface area contributed by atoms with Crippen LogP contribution in [0.15, 0.2) is 36.5 Å². The number of rotatable bonds is 6. The molecule has 8 nitrogen and oxygen atoms in total. The highest BCUT2D eigenvalue weighted by molar-refractivity contribution is 5.98. The summed E-state index contributed by atoms with van der Waals surface area (Å²) < 4.78 is 17.4. The maximum atomic E-state index is 12.3. The van der Waals surface area contributed by atoms with Crippen LogP contribution in [0.4, 0.5) is 5.82 Å². The number of amides is 1. The van der Waals surface area contributed by atoms with E-state index in [9.17, 15) is 4.79 Å². The average molecular weight is 412 g/mol. The molecule has 2 aliphatic heterocycles. The van der Waals surface area contributed by atoms with E-state index in [4.69, 9.17) is 19.9 Å². The van der Waals surface area contributed by atoms with Gasteiger partial charge in [0.05, 0.1) is 12.7 Å². The van der Waals surface area contributed by atoms with E-state index in [0.29, 0.717) is 36.1 Å². The molecule has 2 aliphatic rings. The first-order valence-corrected chi connectivity index (χ1v) is 10.3. The molecule has 1 fully saturated rings. The maximum absolute atomic E-state index is 12.3. The van der Waals surface area contributed by atoms with E-state index in [1.807, 2.05) is 18.2 Å². The van der Waals surface area contributed by atoms with Gasteiger partial charge in [0.1, 0.15) is 18.5 Å². The minimum atomic E-state index is -0.164. The van der Waals surface area contributed by atoms with Crippen LogP contribution in [0.5, 0.6) is 17.2 Å². The lowest BCUT2D eigenvalue weighted by atomic mass is 9.96. The normalized spacial score (nSPS) is 19.3. The molecule has 1 amide bonds. The predicted molar refractivity (Wildman–Crippen MR) is 113 cm³/mol. The van der Waals surface area contributed by atoms with Crippen LogP contribution in [-0.4, -0.2) is 61.8 Å². The molecule has 1 saturated heterocycles. The van der Waals surface area contributed by atoms with Crippen LogP contribution in [-0.2, 0) is 0 Å². The van der Waals surface area contributed by atoms with Gasteiger partial charge < -0.3 is 25.3 Å². The summed E-state index contributed by atoms with van der Waals surface area (Å²) in [4.78, 5) is 18.7. The Bertz CT molecular complexity index is 869. The van der Waals surface area contributed by atoms with Crippen molar-refractivity contribution in [1.82, 2.24) is 15.2 Å². The fraction of sp³-hybridized carbons (Fsp3) is 0.455. The van der Waals surface area contributed by atoms with Crippen LogP contribution in [0.1, 0.15) is 23.2 Å². The van der Waals surface area contributed by atoms with Crippen molar-refractivity contribution in [2.75, 3.05) is 45.6 Å². The fourth-order valence-corrected chi connectivity index (χ4v) is 3.96. The van der Waals surface area contributed by atoms with E-state index in [1.165, 1.54) is 0 Å². The van der Waals surface area contributed by atoms with Crippen molar-refractivity contribution in [2.45, 2.75) is 18.9 Å². The van der Waals surface area contributed by atoms with Crippen molar-refractivity contribution in [3.63, 3.8) is 0 Å². The fourth-order valence-electron chi connectivity index (χ4n) is 3.96. The number of nitrogens with one attached hydrogen (secondary N) is 1. The second kappa shape index (κ2) is 9.21. The maximum Gasteiger partial charge on any atom is 0.255 e. The number of pyridine rings is 1. The Morgan fingerprint density at radius 3 is 2.90 bits per heavy atom. The summed E-state index contributed by atoms with van der Waals surface area (Å²) in [5.74, 6) is 2.66.